The van der Waals surface area contributed by atoms with E-state index in [1.54, 1.807) is 0 Å². The van der Waals surface area contributed by atoms with Gasteiger partial charge in [0, 0.05) is 12.2 Å². The lowest BCUT2D eigenvalue weighted by atomic mass is 9.96. The fourth-order valence-electron chi connectivity index (χ4n) is 0.850. The highest BCUT2D eigenvalue weighted by Crippen LogP contribution is 1.95. The molecule has 1 rings (SSSR count). The molecule has 0 spiro atoms. The van der Waals surface area contributed by atoms with Gasteiger partial charge in [0.2, 0.25) is 0 Å². The summed E-state index contributed by atoms with van der Waals surface area (Å²) in [7, 11) is 2.09. The van der Waals surface area contributed by atoms with Gasteiger partial charge >= 0.3 is 0 Å². The number of hydrogen-bond donors (Lipinski definition) is 0. The highest BCUT2D eigenvalue weighted by atomic mass is 14.9. The van der Waals surface area contributed by atoms with Gasteiger partial charge in [0.1, 0.15) is 7.85 Å². The molecule has 0 saturated carbocycles. The molecule has 0 saturated heterocycles. The Kier molecular flexibility index (Phi) is 2.03. The van der Waals surface area contributed by atoms with Gasteiger partial charge in [-0.25, -0.2) is 0 Å². The smallest absolute Gasteiger partial charge is 0.135 e. The molecule has 0 aromatic carbocycles. The van der Waals surface area contributed by atoms with Crippen molar-refractivity contribution in [2.24, 2.45) is 9.98 Å². The number of nitrogens with zero attached hydrogens (tertiary/aromatic N) is 2. The van der Waals surface area contributed by atoms with Crippen LogP contribution in [-0.2, 0) is 0 Å². The van der Waals surface area contributed by atoms with E-state index < -0.39 is 0 Å². The Morgan fingerprint density at radius 1 is 1.89 bits per heavy atom. The van der Waals surface area contributed by atoms with Crippen LogP contribution < -0.4 is 0 Å². The monoisotopic (exact) mass is 122 g/mol. The minimum Gasteiger partial charge on any atom is -0.292 e. The van der Waals surface area contributed by atoms with Crippen molar-refractivity contribution in [3.8, 4) is 0 Å². The van der Waals surface area contributed by atoms with E-state index >= 15 is 0 Å². The summed E-state index contributed by atoms with van der Waals surface area (Å²) in [4.78, 5) is 8.52. The van der Waals surface area contributed by atoms with Crippen LogP contribution in [0.1, 0.15) is 13.3 Å². The molecule has 1 heterocycles. The lowest BCUT2D eigenvalue weighted by molar-refractivity contribution is 0.889. The van der Waals surface area contributed by atoms with Crippen LogP contribution in [-0.4, -0.2) is 32.3 Å². The normalized spacial score (nSPS) is 25.9. The number of rotatable bonds is 1. The standard InChI is InChI=1S/C6H11BN2/c1-2-5-3-8-4-6(7)9-5/h3,6H,2,4,7H2,1H3. The third-order valence-corrected chi connectivity index (χ3v) is 1.36. The maximum atomic E-state index is 4.37. The molecule has 1 aliphatic rings. The zero-order valence-corrected chi connectivity index (χ0v) is 5.96. The predicted octanol–water partition coefficient (Wildman–Crippen LogP) is -0.119. The SMILES string of the molecule is BC1CN=CC(CC)=N1. The quantitative estimate of drug-likeness (QED) is 0.433. The first kappa shape index (κ1) is 6.52. The third-order valence-electron chi connectivity index (χ3n) is 1.36. The summed E-state index contributed by atoms with van der Waals surface area (Å²) in [5.41, 5.74) is 1.13. The van der Waals surface area contributed by atoms with E-state index in [-0.39, 0.29) is 0 Å². The maximum absolute atomic E-state index is 4.37. The largest absolute Gasteiger partial charge is 0.292 e. The minimum atomic E-state index is 0.407. The fraction of sp³-hybridized carbons (Fsp3) is 0.667. The predicted molar refractivity (Wildman–Crippen MR) is 43.4 cm³/mol. The van der Waals surface area contributed by atoms with E-state index in [1.165, 1.54) is 0 Å². The Hall–Kier alpha value is -0.595. The van der Waals surface area contributed by atoms with E-state index in [0.29, 0.717) is 5.94 Å². The first-order valence-electron chi connectivity index (χ1n) is 3.39. The van der Waals surface area contributed by atoms with E-state index in [2.05, 4.69) is 24.8 Å². The van der Waals surface area contributed by atoms with E-state index in [0.717, 1.165) is 18.7 Å². The van der Waals surface area contributed by atoms with Gasteiger partial charge in [0.05, 0.1) is 12.3 Å². The van der Waals surface area contributed by atoms with Crippen LogP contribution in [0.3, 0.4) is 0 Å². The molecule has 0 aromatic rings. The van der Waals surface area contributed by atoms with Gasteiger partial charge in [-0.05, 0) is 6.42 Å². The molecule has 1 unspecified atom stereocenters. The molecule has 2 nitrogen and oxygen atoms in total. The summed E-state index contributed by atoms with van der Waals surface area (Å²) in [6.45, 7) is 2.96. The summed E-state index contributed by atoms with van der Waals surface area (Å²) in [6.07, 6.45) is 2.88. The highest BCUT2D eigenvalue weighted by Gasteiger charge is 2.03. The fourth-order valence-corrected chi connectivity index (χ4v) is 0.850. The van der Waals surface area contributed by atoms with Crippen LogP contribution >= 0.6 is 0 Å². The minimum absolute atomic E-state index is 0.407. The van der Waals surface area contributed by atoms with Gasteiger partial charge in [-0.2, -0.15) is 0 Å². The molecule has 9 heavy (non-hydrogen) atoms. The second-order valence-electron chi connectivity index (χ2n) is 2.32. The van der Waals surface area contributed by atoms with Gasteiger partial charge in [-0.3, -0.25) is 9.98 Å². The summed E-state index contributed by atoms with van der Waals surface area (Å²) in [5, 5.41) is 0. The topological polar surface area (TPSA) is 24.7 Å². The Morgan fingerprint density at radius 2 is 2.67 bits per heavy atom. The van der Waals surface area contributed by atoms with Gasteiger partial charge in [0.15, 0.2) is 0 Å². The molecule has 0 radical (unpaired) electrons. The van der Waals surface area contributed by atoms with Gasteiger partial charge in [-0.15, -0.1) is 0 Å². The van der Waals surface area contributed by atoms with Crippen molar-refractivity contribution in [2.45, 2.75) is 19.3 Å². The Labute approximate surface area is 56.5 Å². The molecular formula is C6H11BN2. The van der Waals surface area contributed by atoms with Crippen molar-refractivity contribution in [3.63, 3.8) is 0 Å². The number of hydrogen-bond acceptors (Lipinski definition) is 2. The van der Waals surface area contributed by atoms with Crippen LogP contribution in [0.15, 0.2) is 9.98 Å². The van der Waals surface area contributed by atoms with Crippen LogP contribution in [0.2, 0.25) is 0 Å². The van der Waals surface area contributed by atoms with Crippen molar-refractivity contribution in [2.75, 3.05) is 6.54 Å². The molecule has 48 valence electrons. The van der Waals surface area contributed by atoms with Crippen molar-refractivity contribution in [1.82, 2.24) is 0 Å². The van der Waals surface area contributed by atoms with Crippen LogP contribution in [0, 0.1) is 0 Å². The lowest BCUT2D eigenvalue weighted by Crippen LogP contribution is -2.18. The first-order chi connectivity index (χ1) is 4.33. The first-order valence-corrected chi connectivity index (χ1v) is 3.39. The highest BCUT2D eigenvalue weighted by molar-refractivity contribution is 6.32. The van der Waals surface area contributed by atoms with Gasteiger partial charge in [-0.1, -0.05) is 6.92 Å². The molecule has 3 heteroatoms. The summed E-state index contributed by atoms with van der Waals surface area (Å²) in [6, 6.07) is 0. The van der Waals surface area contributed by atoms with Crippen molar-refractivity contribution in [1.29, 1.82) is 0 Å². The lowest BCUT2D eigenvalue weighted by Gasteiger charge is -2.08. The second kappa shape index (κ2) is 2.81. The van der Waals surface area contributed by atoms with Crippen LogP contribution in [0.5, 0.6) is 0 Å². The van der Waals surface area contributed by atoms with Crippen LogP contribution in [0.4, 0.5) is 0 Å². The van der Waals surface area contributed by atoms with Gasteiger partial charge in [0.25, 0.3) is 0 Å². The molecule has 0 amide bonds. The maximum Gasteiger partial charge on any atom is 0.135 e. The Balaban J connectivity index is 2.59. The number of aliphatic imine (C=N–C) groups is 2. The van der Waals surface area contributed by atoms with Crippen LogP contribution in [0.25, 0.3) is 0 Å². The second-order valence-corrected chi connectivity index (χ2v) is 2.32. The summed E-state index contributed by atoms with van der Waals surface area (Å²) >= 11 is 0. The van der Waals surface area contributed by atoms with Crippen molar-refractivity contribution < 1.29 is 0 Å². The molecule has 1 aliphatic heterocycles. The molecular weight excluding hydrogens is 111 g/mol. The van der Waals surface area contributed by atoms with E-state index in [1.807, 2.05) is 6.21 Å². The summed E-state index contributed by atoms with van der Waals surface area (Å²) in [5.74, 6) is 0.407. The zero-order chi connectivity index (χ0) is 6.69. The molecule has 0 bridgehead atoms. The third kappa shape index (κ3) is 1.66. The molecule has 0 aromatic heterocycles. The van der Waals surface area contributed by atoms with E-state index in [4.69, 9.17) is 0 Å². The van der Waals surface area contributed by atoms with Crippen molar-refractivity contribution >= 4 is 19.8 Å². The molecule has 0 aliphatic carbocycles. The molecule has 0 N–H and O–H groups in total. The average Bonchev–Trinajstić information content (AvgIpc) is 1.88. The van der Waals surface area contributed by atoms with Gasteiger partial charge < -0.3 is 0 Å². The molecule has 1 atom stereocenters. The Bertz CT molecular complexity index is 151. The Morgan fingerprint density at radius 3 is 3.11 bits per heavy atom. The van der Waals surface area contributed by atoms with E-state index in [9.17, 15) is 0 Å². The molecule has 0 fully saturated rings. The summed E-state index contributed by atoms with van der Waals surface area (Å²) < 4.78 is 0. The average molecular weight is 122 g/mol. The van der Waals surface area contributed by atoms with Crippen molar-refractivity contribution in [3.05, 3.63) is 0 Å². The zero-order valence-electron chi connectivity index (χ0n) is 5.96.